The molecule has 6 nitrogen and oxygen atoms in total. The molecule has 0 spiro atoms. The highest BCUT2D eigenvalue weighted by molar-refractivity contribution is 8.00. The summed E-state index contributed by atoms with van der Waals surface area (Å²) in [5.41, 5.74) is 0.434. The van der Waals surface area contributed by atoms with Crippen LogP contribution in [0, 0.1) is 0 Å². The zero-order valence-corrected chi connectivity index (χ0v) is 19.0. The largest absolute Gasteiger partial charge is 0.385 e. The van der Waals surface area contributed by atoms with Gasteiger partial charge in [-0.3, -0.25) is 4.58 Å². The van der Waals surface area contributed by atoms with Gasteiger partial charge in [0, 0.05) is 17.9 Å². The predicted molar refractivity (Wildman–Crippen MR) is 105 cm³/mol. The number of hydrogen-bond donors (Lipinski definition) is 1. The first-order chi connectivity index (χ1) is 12.2. The van der Waals surface area contributed by atoms with Gasteiger partial charge in [0.2, 0.25) is 0 Å². The summed E-state index contributed by atoms with van der Waals surface area (Å²) in [6.07, 6.45) is -0.234. The van der Waals surface area contributed by atoms with Gasteiger partial charge >= 0.3 is 8.56 Å². The number of methoxy groups -OCH3 is 1. The standard InChI is InChI=1S/C18H36O6SSi/c1-11(2)25-13(5)8-9-14(6)26(12(3)4)23-17-15(10-21-24-26)22-18(20-7)16(17)19/h11-19H,8-10H2,1-7H3/t13?,14?,15-,16+,17?,18-,26?/m1/s1. The maximum Gasteiger partial charge on any atom is 0.380 e. The Balaban J connectivity index is 2.10. The van der Waals surface area contributed by atoms with E-state index in [1.807, 2.05) is 11.8 Å². The van der Waals surface area contributed by atoms with Crippen LogP contribution in [0.5, 0.6) is 0 Å². The molecular formula is C18H36O6SSi. The second-order valence-electron chi connectivity index (χ2n) is 8.07. The predicted octanol–water partition coefficient (Wildman–Crippen LogP) is 3.62. The minimum Gasteiger partial charge on any atom is -0.385 e. The summed E-state index contributed by atoms with van der Waals surface area (Å²) in [7, 11) is -1.19. The number of aliphatic hydroxyl groups is 1. The molecule has 154 valence electrons. The molecule has 2 fully saturated rings. The molecule has 2 saturated heterocycles. The van der Waals surface area contributed by atoms with Gasteiger partial charge < -0.3 is 19.0 Å². The van der Waals surface area contributed by atoms with E-state index in [1.54, 1.807) is 0 Å². The van der Waals surface area contributed by atoms with E-state index in [9.17, 15) is 5.11 Å². The van der Waals surface area contributed by atoms with E-state index in [2.05, 4.69) is 41.5 Å². The molecule has 0 radical (unpaired) electrons. The lowest BCUT2D eigenvalue weighted by atomic mass is 10.1. The second-order valence-corrected chi connectivity index (χ2v) is 14.1. The van der Waals surface area contributed by atoms with Crippen LogP contribution in [0.1, 0.15) is 54.4 Å². The highest BCUT2D eigenvalue weighted by Crippen LogP contribution is 2.43. The van der Waals surface area contributed by atoms with Gasteiger partial charge in [-0.2, -0.15) is 11.8 Å². The van der Waals surface area contributed by atoms with Crippen LogP contribution >= 0.6 is 11.8 Å². The first-order valence-electron chi connectivity index (χ1n) is 9.71. The number of rotatable bonds is 8. The maximum atomic E-state index is 10.6. The van der Waals surface area contributed by atoms with E-state index in [4.69, 9.17) is 23.4 Å². The third-order valence-electron chi connectivity index (χ3n) is 5.27. The van der Waals surface area contributed by atoms with Crippen molar-refractivity contribution in [3.8, 4) is 0 Å². The monoisotopic (exact) mass is 408 g/mol. The van der Waals surface area contributed by atoms with Gasteiger partial charge in [-0.05, 0) is 23.6 Å². The summed E-state index contributed by atoms with van der Waals surface area (Å²) in [6, 6.07) is 0. The van der Waals surface area contributed by atoms with Crippen molar-refractivity contribution in [1.82, 2.24) is 0 Å². The number of aliphatic hydroxyl groups excluding tert-OH is 1. The van der Waals surface area contributed by atoms with Crippen molar-refractivity contribution in [1.29, 1.82) is 0 Å². The van der Waals surface area contributed by atoms with Crippen molar-refractivity contribution in [2.24, 2.45) is 0 Å². The Morgan fingerprint density at radius 1 is 1.15 bits per heavy atom. The van der Waals surface area contributed by atoms with Crippen LogP contribution in [-0.4, -0.2) is 62.5 Å². The molecule has 2 aliphatic heterocycles. The van der Waals surface area contributed by atoms with Crippen molar-refractivity contribution in [2.75, 3.05) is 13.7 Å². The Morgan fingerprint density at radius 2 is 1.85 bits per heavy atom. The van der Waals surface area contributed by atoms with Crippen LogP contribution < -0.4 is 0 Å². The summed E-state index contributed by atoms with van der Waals surface area (Å²) >= 11 is 2.00. The van der Waals surface area contributed by atoms with Crippen molar-refractivity contribution >= 4 is 20.3 Å². The summed E-state index contributed by atoms with van der Waals surface area (Å²) < 4.78 is 23.4. The number of thioether (sulfide) groups is 1. The van der Waals surface area contributed by atoms with Gasteiger partial charge in [0.1, 0.15) is 24.9 Å². The van der Waals surface area contributed by atoms with E-state index < -0.39 is 27.1 Å². The molecule has 1 N–H and O–H groups in total. The average Bonchev–Trinajstić information content (AvgIpc) is 2.75. The highest BCUT2D eigenvalue weighted by atomic mass is 32.2. The van der Waals surface area contributed by atoms with Crippen LogP contribution in [0.2, 0.25) is 11.1 Å². The summed E-state index contributed by atoms with van der Waals surface area (Å²) in [4.78, 5) is 5.56. The highest BCUT2D eigenvalue weighted by Gasteiger charge is 2.57. The molecule has 2 heterocycles. The first kappa shape index (κ1) is 22.6. The number of fused-ring (bicyclic) bond motifs is 1. The summed E-state index contributed by atoms with van der Waals surface area (Å²) in [5.74, 6) is 0. The van der Waals surface area contributed by atoms with Gasteiger partial charge in [0.15, 0.2) is 6.29 Å². The van der Waals surface area contributed by atoms with E-state index in [-0.39, 0.29) is 23.8 Å². The van der Waals surface area contributed by atoms with E-state index in [0.29, 0.717) is 10.5 Å². The third kappa shape index (κ3) is 5.02. The fourth-order valence-electron chi connectivity index (χ4n) is 3.82. The van der Waals surface area contributed by atoms with Crippen LogP contribution in [-0.2, 0) is 23.4 Å². The second kappa shape index (κ2) is 9.69. The third-order valence-corrected chi connectivity index (χ3v) is 10.8. The average molecular weight is 409 g/mol. The minimum atomic E-state index is -2.72. The van der Waals surface area contributed by atoms with Gasteiger partial charge in [-0.25, -0.2) is 4.89 Å². The molecule has 0 aliphatic carbocycles. The molecule has 2 rings (SSSR count). The molecule has 8 heteroatoms. The van der Waals surface area contributed by atoms with Gasteiger partial charge in [0.25, 0.3) is 0 Å². The van der Waals surface area contributed by atoms with Gasteiger partial charge in [-0.1, -0.05) is 41.5 Å². The lowest BCUT2D eigenvalue weighted by molar-refractivity contribution is -0.249. The van der Waals surface area contributed by atoms with Crippen molar-refractivity contribution < 1.29 is 28.5 Å². The SMILES string of the molecule is CO[C@@H]1O[C@@H]2COO[Si](C(C)C)(C(C)CCC(C)SC(C)C)OC2[C@@H]1O. The summed E-state index contributed by atoms with van der Waals surface area (Å²) in [5, 5.41) is 11.8. The minimum absolute atomic E-state index is 0.193. The zero-order valence-electron chi connectivity index (χ0n) is 17.1. The fraction of sp³-hybridized carbons (Fsp3) is 1.00. The Kier molecular flexibility index (Phi) is 8.43. The molecule has 7 atom stereocenters. The van der Waals surface area contributed by atoms with Crippen LogP contribution in [0.4, 0.5) is 0 Å². The smallest absolute Gasteiger partial charge is 0.380 e. The van der Waals surface area contributed by atoms with Gasteiger partial charge in [0.05, 0.1) is 0 Å². The van der Waals surface area contributed by atoms with Crippen LogP contribution in [0.25, 0.3) is 0 Å². The molecular weight excluding hydrogens is 372 g/mol. The van der Waals surface area contributed by atoms with Crippen LogP contribution in [0.15, 0.2) is 0 Å². The molecule has 0 amide bonds. The Morgan fingerprint density at radius 3 is 2.42 bits per heavy atom. The van der Waals surface area contributed by atoms with E-state index >= 15 is 0 Å². The van der Waals surface area contributed by atoms with Gasteiger partial charge in [-0.15, -0.1) is 0 Å². The van der Waals surface area contributed by atoms with Crippen molar-refractivity contribution in [3.05, 3.63) is 0 Å². The molecule has 0 aromatic carbocycles. The molecule has 0 bridgehead atoms. The first-order valence-corrected chi connectivity index (χ1v) is 12.6. The Bertz CT molecular complexity index is 440. The lowest BCUT2D eigenvalue weighted by Gasteiger charge is -2.38. The molecule has 0 saturated carbocycles. The van der Waals surface area contributed by atoms with Crippen molar-refractivity contribution in [3.63, 3.8) is 0 Å². The van der Waals surface area contributed by atoms with Crippen LogP contribution in [0.3, 0.4) is 0 Å². The maximum absolute atomic E-state index is 10.6. The number of ether oxygens (including phenoxy) is 2. The topological polar surface area (TPSA) is 66.4 Å². The fourth-order valence-corrected chi connectivity index (χ4v) is 8.60. The number of hydrogen-bond acceptors (Lipinski definition) is 7. The quantitative estimate of drug-likeness (QED) is 0.486. The molecule has 2 aliphatic rings. The zero-order chi connectivity index (χ0) is 19.5. The summed E-state index contributed by atoms with van der Waals surface area (Å²) in [6.45, 7) is 13.4. The van der Waals surface area contributed by atoms with E-state index in [0.717, 1.165) is 12.8 Å². The van der Waals surface area contributed by atoms with E-state index in [1.165, 1.54) is 7.11 Å². The molecule has 26 heavy (non-hydrogen) atoms. The molecule has 0 aromatic rings. The lowest BCUT2D eigenvalue weighted by Crippen LogP contribution is -2.53. The molecule has 0 aromatic heterocycles. The normalized spacial score (nSPS) is 37.6. The van der Waals surface area contributed by atoms with Crippen molar-refractivity contribution in [2.45, 2.75) is 101 Å². The molecule has 4 unspecified atom stereocenters. The Labute approximate surface area is 163 Å². The Hall–Kier alpha value is 0.327.